The van der Waals surface area contributed by atoms with Crippen LogP contribution in [0, 0.1) is 0 Å². The first-order valence-corrected chi connectivity index (χ1v) is 10.8. The first-order valence-electron chi connectivity index (χ1n) is 9.58. The van der Waals surface area contributed by atoms with E-state index in [1.54, 1.807) is 29.2 Å². The molecule has 0 spiro atoms. The molecule has 3 aromatic rings. The van der Waals surface area contributed by atoms with E-state index in [1.807, 2.05) is 60.7 Å². The highest BCUT2D eigenvalue weighted by Crippen LogP contribution is 2.38. The molecule has 0 aromatic heterocycles. The van der Waals surface area contributed by atoms with Gasteiger partial charge < -0.3 is 9.84 Å². The number of carbonyl (C=O) groups is 2. The molecule has 0 bridgehead atoms. The van der Waals surface area contributed by atoms with Crippen LogP contribution in [0.3, 0.4) is 0 Å². The van der Waals surface area contributed by atoms with Crippen molar-refractivity contribution in [3.63, 3.8) is 0 Å². The van der Waals surface area contributed by atoms with E-state index in [2.05, 4.69) is 4.99 Å². The second-order valence-electron chi connectivity index (χ2n) is 6.68. The minimum Gasteiger partial charge on any atom is -0.481 e. The number of nitrogens with zero attached hydrogens (tertiary/aromatic N) is 2. The van der Waals surface area contributed by atoms with Gasteiger partial charge in [0.05, 0.1) is 16.3 Å². The van der Waals surface area contributed by atoms with E-state index in [9.17, 15) is 9.59 Å². The van der Waals surface area contributed by atoms with Gasteiger partial charge in [0.2, 0.25) is 0 Å². The number of benzene rings is 3. The quantitative estimate of drug-likeness (QED) is 0.479. The number of ether oxygens (including phenoxy) is 1. The van der Waals surface area contributed by atoms with Gasteiger partial charge in [0, 0.05) is 10.6 Å². The topological polar surface area (TPSA) is 79.2 Å². The van der Waals surface area contributed by atoms with Gasteiger partial charge in [0.1, 0.15) is 5.75 Å². The standard InChI is InChI=1S/C24H17ClN2O4S/c25-17-11-12-20(31-15-22(28)29)16(13-17)14-21-23(30)27(19-9-5-2-6-10-19)24(32-21)26-18-7-3-1-4-8-18/h1-14H,15H2,(H,28,29)/b21-14-,26-24?. The SMILES string of the molecule is O=C(O)COc1ccc(Cl)cc1/C=C1\SC(=Nc2ccccc2)N(c2ccccc2)C1=O. The number of anilines is 1. The predicted molar refractivity (Wildman–Crippen MR) is 128 cm³/mol. The van der Waals surface area contributed by atoms with Crippen molar-refractivity contribution in [3.05, 3.63) is 94.4 Å². The molecule has 1 aliphatic heterocycles. The lowest BCUT2D eigenvalue weighted by Gasteiger charge is -2.15. The molecule has 4 rings (SSSR count). The maximum absolute atomic E-state index is 13.4. The number of aliphatic imine (C=N–C) groups is 1. The second-order valence-corrected chi connectivity index (χ2v) is 8.13. The number of amidine groups is 1. The summed E-state index contributed by atoms with van der Waals surface area (Å²) >= 11 is 7.36. The Morgan fingerprint density at radius 1 is 1.06 bits per heavy atom. The highest BCUT2D eigenvalue weighted by Gasteiger charge is 2.35. The van der Waals surface area contributed by atoms with Crippen molar-refractivity contribution < 1.29 is 19.4 Å². The van der Waals surface area contributed by atoms with Crippen LogP contribution in [-0.4, -0.2) is 28.8 Å². The lowest BCUT2D eigenvalue weighted by Crippen LogP contribution is -2.28. The molecular weight excluding hydrogens is 448 g/mol. The van der Waals surface area contributed by atoms with Crippen molar-refractivity contribution in [1.82, 2.24) is 0 Å². The van der Waals surface area contributed by atoms with Crippen molar-refractivity contribution in [3.8, 4) is 5.75 Å². The number of hydrogen-bond donors (Lipinski definition) is 1. The Balaban J connectivity index is 1.75. The fourth-order valence-electron chi connectivity index (χ4n) is 3.01. The third kappa shape index (κ3) is 5.01. The first kappa shape index (κ1) is 21.7. The summed E-state index contributed by atoms with van der Waals surface area (Å²) in [5.41, 5.74) is 1.92. The summed E-state index contributed by atoms with van der Waals surface area (Å²) in [7, 11) is 0. The van der Waals surface area contributed by atoms with Crippen molar-refractivity contribution >= 4 is 57.9 Å². The number of rotatable bonds is 6. The fourth-order valence-corrected chi connectivity index (χ4v) is 4.18. The number of carboxylic acids is 1. The molecule has 0 aliphatic carbocycles. The summed E-state index contributed by atoms with van der Waals surface area (Å²) in [5, 5.41) is 9.88. The van der Waals surface area contributed by atoms with Gasteiger partial charge in [-0.1, -0.05) is 48.0 Å². The second kappa shape index (κ2) is 9.72. The number of halogens is 1. The molecule has 0 radical (unpaired) electrons. The molecule has 1 heterocycles. The lowest BCUT2D eigenvalue weighted by molar-refractivity contribution is -0.139. The van der Waals surface area contributed by atoms with Gasteiger partial charge in [-0.3, -0.25) is 9.69 Å². The van der Waals surface area contributed by atoms with E-state index < -0.39 is 12.6 Å². The monoisotopic (exact) mass is 464 g/mol. The summed E-state index contributed by atoms with van der Waals surface area (Å²) < 4.78 is 5.37. The minimum absolute atomic E-state index is 0.250. The fraction of sp³-hybridized carbons (Fsp3) is 0.0417. The van der Waals surface area contributed by atoms with Crippen LogP contribution in [-0.2, 0) is 9.59 Å². The molecule has 0 unspecified atom stereocenters. The zero-order valence-corrected chi connectivity index (χ0v) is 18.2. The number of carboxylic acid groups (broad SMARTS) is 1. The molecule has 1 fully saturated rings. The van der Waals surface area contributed by atoms with E-state index >= 15 is 0 Å². The van der Waals surface area contributed by atoms with Crippen LogP contribution >= 0.6 is 23.4 Å². The Labute approximate surface area is 193 Å². The van der Waals surface area contributed by atoms with Crippen LogP contribution in [0.1, 0.15) is 5.56 Å². The van der Waals surface area contributed by atoms with Crippen molar-refractivity contribution in [2.75, 3.05) is 11.5 Å². The first-order chi connectivity index (χ1) is 15.5. The zero-order valence-electron chi connectivity index (χ0n) is 16.6. The van der Waals surface area contributed by atoms with Crippen LogP contribution in [0.2, 0.25) is 5.02 Å². The average molecular weight is 465 g/mol. The summed E-state index contributed by atoms with van der Waals surface area (Å²) in [6.07, 6.45) is 1.64. The van der Waals surface area contributed by atoms with Gasteiger partial charge in [-0.2, -0.15) is 0 Å². The normalized spacial score (nSPS) is 16.0. The molecule has 160 valence electrons. The number of carbonyl (C=O) groups excluding carboxylic acids is 1. The molecular formula is C24H17ClN2O4S. The Bertz CT molecular complexity index is 1210. The summed E-state index contributed by atoms with van der Waals surface area (Å²) in [5.74, 6) is -1.03. The van der Waals surface area contributed by atoms with Gasteiger partial charge in [0.25, 0.3) is 5.91 Å². The molecule has 8 heteroatoms. The maximum atomic E-state index is 13.4. The maximum Gasteiger partial charge on any atom is 0.341 e. The van der Waals surface area contributed by atoms with Crippen LogP contribution in [0.25, 0.3) is 6.08 Å². The summed E-state index contributed by atoms with van der Waals surface area (Å²) in [6, 6.07) is 23.4. The third-order valence-electron chi connectivity index (χ3n) is 4.41. The van der Waals surface area contributed by atoms with Crippen LogP contribution in [0.15, 0.2) is 88.8 Å². The van der Waals surface area contributed by atoms with Gasteiger partial charge in [-0.25, -0.2) is 9.79 Å². The van der Waals surface area contributed by atoms with Gasteiger partial charge in [0.15, 0.2) is 11.8 Å². The highest BCUT2D eigenvalue weighted by atomic mass is 35.5. The van der Waals surface area contributed by atoms with Crippen LogP contribution < -0.4 is 9.64 Å². The molecule has 3 aromatic carbocycles. The predicted octanol–water partition coefficient (Wildman–Crippen LogP) is 5.61. The number of hydrogen-bond acceptors (Lipinski definition) is 5. The van der Waals surface area contributed by atoms with Crippen LogP contribution in [0.4, 0.5) is 11.4 Å². The van der Waals surface area contributed by atoms with Crippen molar-refractivity contribution in [2.45, 2.75) is 0 Å². The summed E-state index contributed by atoms with van der Waals surface area (Å²) in [4.78, 5) is 30.9. The van der Waals surface area contributed by atoms with Crippen LogP contribution in [0.5, 0.6) is 5.75 Å². The molecule has 1 saturated heterocycles. The van der Waals surface area contributed by atoms with E-state index in [4.69, 9.17) is 21.4 Å². The van der Waals surface area contributed by atoms with E-state index in [-0.39, 0.29) is 5.91 Å². The van der Waals surface area contributed by atoms with Crippen molar-refractivity contribution in [2.24, 2.45) is 4.99 Å². The zero-order chi connectivity index (χ0) is 22.5. The molecule has 1 amide bonds. The van der Waals surface area contributed by atoms with Gasteiger partial charge >= 0.3 is 5.97 Å². The Morgan fingerprint density at radius 3 is 2.44 bits per heavy atom. The molecule has 1 N–H and O–H groups in total. The Morgan fingerprint density at radius 2 is 1.75 bits per heavy atom. The molecule has 1 aliphatic rings. The molecule has 0 saturated carbocycles. The smallest absolute Gasteiger partial charge is 0.341 e. The minimum atomic E-state index is -1.10. The third-order valence-corrected chi connectivity index (χ3v) is 5.62. The molecule has 32 heavy (non-hydrogen) atoms. The molecule has 6 nitrogen and oxygen atoms in total. The number of aliphatic carboxylic acids is 1. The lowest BCUT2D eigenvalue weighted by atomic mass is 10.1. The Kier molecular flexibility index (Phi) is 6.58. The number of thioether (sulfide) groups is 1. The Hall–Kier alpha value is -3.55. The average Bonchev–Trinajstić information content (AvgIpc) is 3.09. The van der Waals surface area contributed by atoms with E-state index in [0.717, 1.165) is 5.69 Å². The number of para-hydroxylation sites is 2. The van der Waals surface area contributed by atoms with E-state index in [0.29, 0.717) is 32.1 Å². The molecule has 0 atom stereocenters. The highest BCUT2D eigenvalue weighted by molar-refractivity contribution is 8.19. The van der Waals surface area contributed by atoms with Gasteiger partial charge in [-0.15, -0.1) is 0 Å². The summed E-state index contributed by atoms with van der Waals surface area (Å²) in [6.45, 7) is -0.504. The van der Waals surface area contributed by atoms with Crippen molar-refractivity contribution in [1.29, 1.82) is 0 Å². The van der Waals surface area contributed by atoms with E-state index in [1.165, 1.54) is 11.8 Å². The largest absolute Gasteiger partial charge is 0.481 e. The van der Waals surface area contributed by atoms with Gasteiger partial charge in [-0.05, 0) is 60.3 Å². The number of amides is 1.